The third-order valence-electron chi connectivity index (χ3n) is 2.76. The molecule has 0 fully saturated rings. The van der Waals surface area contributed by atoms with E-state index in [-0.39, 0.29) is 6.42 Å². The van der Waals surface area contributed by atoms with Gasteiger partial charge in [0.2, 0.25) is 0 Å². The summed E-state index contributed by atoms with van der Waals surface area (Å²) in [4.78, 5) is 0. The van der Waals surface area contributed by atoms with Crippen LogP contribution in [0.2, 0.25) is 0 Å². The van der Waals surface area contributed by atoms with Gasteiger partial charge in [-0.3, -0.25) is 0 Å². The van der Waals surface area contributed by atoms with Crippen LogP contribution >= 0.6 is 11.6 Å². The summed E-state index contributed by atoms with van der Waals surface area (Å²) in [6.07, 6.45) is -0.159. The van der Waals surface area contributed by atoms with Gasteiger partial charge in [-0.15, -0.1) is 0 Å². The Kier molecular flexibility index (Phi) is 4.06. The molecule has 0 saturated carbocycles. The summed E-state index contributed by atoms with van der Waals surface area (Å²) in [5, 5.41) is 10.1. The van der Waals surface area contributed by atoms with E-state index in [0.29, 0.717) is 11.3 Å². The van der Waals surface area contributed by atoms with Crippen molar-refractivity contribution >= 4 is 27.1 Å². The molecule has 0 unspecified atom stereocenters. The molecule has 0 radical (unpaired) electrons. The molecule has 17 heavy (non-hydrogen) atoms. The number of rotatable bonds is 4. The van der Waals surface area contributed by atoms with Crippen molar-refractivity contribution in [1.82, 2.24) is 0 Å². The molecule has 1 rings (SSSR count). The van der Waals surface area contributed by atoms with Gasteiger partial charge >= 0.3 is 0 Å². The molecule has 0 spiro atoms. The molecule has 0 aromatic heterocycles. The number of alkyl halides is 1. The molecule has 1 aromatic rings. The number of anilines is 1. The predicted octanol–water partition coefficient (Wildman–Crippen LogP) is 1.69. The predicted molar refractivity (Wildman–Crippen MR) is 69.5 cm³/mol. The number of aliphatic hydroxyl groups is 1. The van der Waals surface area contributed by atoms with Gasteiger partial charge in [0.25, 0.3) is 0 Å². The van der Waals surface area contributed by atoms with Crippen LogP contribution in [0.4, 0.5) is 5.69 Å². The summed E-state index contributed by atoms with van der Waals surface area (Å²) in [7, 11) is -3.59. The standard InChI is InChI=1S/C11H16ClNO3S/c1-3-11(12,17(2,15)16)10(14)8-4-6-9(13)7-5-8/h4-7,10,14H,3,13H2,1-2H3/t10-,11+/m0/s1. The van der Waals surface area contributed by atoms with Crippen molar-refractivity contribution in [1.29, 1.82) is 0 Å². The summed E-state index contributed by atoms with van der Waals surface area (Å²) < 4.78 is 21.6. The summed E-state index contributed by atoms with van der Waals surface area (Å²) in [6, 6.07) is 6.32. The molecule has 1 aromatic carbocycles. The first kappa shape index (κ1) is 14.3. The molecule has 4 nitrogen and oxygen atoms in total. The second-order valence-corrected chi connectivity index (χ2v) is 7.15. The first-order chi connectivity index (χ1) is 7.72. The van der Waals surface area contributed by atoms with Crippen LogP contribution in [0.5, 0.6) is 0 Å². The van der Waals surface area contributed by atoms with Crippen LogP contribution in [0.15, 0.2) is 24.3 Å². The number of benzene rings is 1. The van der Waals surface area contributed by atoms with Crippen LogP contribution in [0, 0.1) is 0 Å². The highest BCUT2D eigenvalue weighted by Gasteiger charge is 2.44. The van der Waals surface area contributed by atoms with Crippen molar-refractivity contribution < 1.29 is 13.5 Å². The minimum absolute atomic E-state index is 0.110. The molecule has 2 atom stereocenters. The highest BCUT2D eigenvalue weighted by molar-refractivity contribution is 7.93. The first-order valence-electron chi connectivity index (χ1n) is 5.14. The second-order valence-electron chi connectivity index (χ2n) is 3.98. The zero-order valence-corrected chi connectivity index (χ0v) is 11.3. The fraction of sp³-hybridized carbons (Fsp3) is 0.455. The number of hydrogen-bond acceptors (Lipinski definition) is 4. The average molecular weight is 278 g/mol. The summed E-state index contributed by atoms with van der Waals surface area (Å²) in [5.41, 5.74) is 6.49. The van der Waals surface area contributed by atoms with Crippen LogP contribution < -0.4 is 5.73 Å². The number of hydrogen-bond donors (Lipinski definition) is 2. The quantitative estimate of drug-likeness (QED) is 0.648. The fourth-order valence-corrected chi connectivity index (χ4v) is 2.78. The maximum Gasteiger partial charge on any atom is 0.174 e. The Morgan fingerprint density at radius 1 is 1.41 bits per heavy atom. The molecule has 0 amide bonds. The SMILES string of the molecule is CC[C@](Cl)([C@@H](O)c1ccc(N)cc1)S(C)(=O)=O. The normalized spacial score (nSPS) is 17.4. The molecule has 0 aliphatic heterocycles. The molecular formula is C11H16ClNO3S. The third-order valence-corrected chi connectivity index (χ3v) is 5.82. The van der Waals surface area contributed by atoms with Crippen molar-refractivity contribution in [2.24, 2.45) is 0 Å². The lowest BCUT2D eigenvalue weighted by Crippen LogP contribution is -2.37. The topological polar surface area (TPSA) is 80.4 Å². The molecule has 3 N–H and O–H groups in total. The van der Waals surface area contributed by atoms with E-state index in [4.69, 9.17) is 17.3 Å². The number of nitrogen functional groups attached to an aromatic ring is 1. The maximum absolute atomic E-state index is 11.6. The zero-order chi connectivity index (χ0) is 13.3. The molecule has 0 bridgehead atoms. The summed E-state index contributed by atoms with van der Waals surface area (Å²) >= 11 is 6.06. The van der Waals surface area contributed by atoms with Crippen LogP contribution in [0.3, 0.4) is 0 Å². The van der Waals surface area contributed by atoms with Crippen LogP contribution in [0.25, 0.3) is 0 Å². The van der Waals surface area contributed by atoms with E-state index in [1.807, 2.05) is 0 Å². The van der Waals surface area contributed by atoms with E-state index in [0.717, 1.165) is 6.26 Å². The molecule has 0 aliphatic rings. The van der Waals surface area contributed by atoms with Crippen molar-refractivity contribution in [2.75, 3.05) is 12.0 Å². The molecule has 0 saturated heterocycles. The van der Waals surface area contributed by atoms with E-state index < -0.39 is 20.1 Å². The van der Waals surface area contributed by atoms with E-state index in [1.165, 1.54) is 0 Å². The van der Waals surface area contributed by atoms with E-state index in [2.05, 4.69) is 0 Å². The van der Waals surface area contributed by atoms with Gasteiger partial charge in [0.15, 0.2) is 14.0 Å². The van der Waals surface area contributed by atoms with Gasteiger partial charge < -0.3 is 10.8 Å². The molecular weight excluding hydrogens is 262 g/mol. The molecule has 0 heterocycles. The molecule has 96 valence electrons. The number of aliphatic hydroxyl groups excluding tert-OH is 1. The van der Waals surface area contributed by atoms with E-state index in [1.54, 1.807) is 31.2 Å². The van der Waals surface area contributed by atoms with Crippen LogP contribution in [0.1, 0.15) is 25.0 Å². The maximum atomic E-state index is 11.6. The lowest BCUT2D eigenvalue weighted by molar-refractivity contribution is 0.155. The van der Waals surface area contributed by atoms with E-state index in [9.17, 15) is 13.5 Å². The van der Waals surface area contributed by atoms with Crippen molar-refractivity contribution in [3.8, 4) is 0 Å². The lowest BCUT2D eigenvalue weighted by Gasteiger charge is -2.29. The van der Waals surface area contributed by atoms with Crippen molar-refractivity contribution in [3.63, 3.8) is 0 Å². The van der Waals surface area contributed by atoms with Gasteiger partial charge in [-0.05, 0) is 24.1 Å². The Bertz CT molecular complexity index is 486. The zero-order valence-electron chi connectivity index (χ0n) is 9.72. The summed E-state index contributed by atoms with van der Waals surface area (Å²) in [6.45, 7) is 1.62. The Hall–Kier alpha value is -0.780. The highest BCUT2D eigenvalue weighted by Crippen LogP contribution is 2.39. The summed E-state index contributed by atoms with van der Waals surface area (Å²) in [5.74, 6) is 0. The lowest BCUT2D eigenvalue weighted by atomic mass is 10.0. The van der Waals surface area contributed by atoms with Crippen LogP contribution in [-0.2, 0) is 9.84 Å². The van der Waals surface area contributed by atoms with Crippen LogP contribution in [-0.4, -0.2) is 24.0 Å². The Balaban J connectivity index is 3.19. The fourth-order valence-electron chi connectivity index (χ4n) is 1.59. The first-order valence-corrected chi connectivity index (χ1v) is 7.41. The number of halogens is 1. The van der Waals surface area contributed by atoms with Gasteiger partial charge in [0.1, 0.15) is 6.10 Å². The molecule has 6 heteroatoms. The van der Waals surface area contributed by atoms with Gasteiger partial charge in [0, 0.05) is 11.9 Å². The minimum Gasteiger partial charge on any atom is -0.399 e. The highest BCUT2D eigenvalue weighted by atomic mass is 35.5. The van der Waals surface area contributed by atoms with Crippen molar-refractivity contribution in [2.45, 2.75) is 23.7 Å². The Morgan fingerprint density at radius 2 is 1.88 bits per heavy atom. The van der Waals surface area contributed by atoms with Crippen molar-refractivity contribution in [3.05, 3.63) is 29.8 Å². The largest absolute Gasteiger partial charge is 0.399 e. The van der Waals surface area contributed by atoms with Gasteiger partial charge in [0.05, 0.1) is 0 Å². The molecule has 0 aliphatic carbocycles. The smallest absolute Gasteiger partial charge is 0.174 e. The monoisotopic (exact) mass is 277 g/mol. The van der Waals surface area contributed by atoms with E-state index >= 15 is 0 Å². The number of sulfone groups is 1. The minimum atomic E-state index is -3.59. The number of nitrogens with two attached hydrogens (primary N) is 1. The third kappa shape index (κ3) is 2.73. The van der Waals surface area contributed by atoms with Gasteiger partial charge in [-0.25, -0.2) is 8.42 Å². The van der Waals surface area contributed by atoms with Gasteiger partial charge in [-0.1, -0.05) is 30.7 Å². The second kappa shape index (κ2) is 4.84. The van der Waals surface area contributed by atoms with Gasteiger partial charge in [-0.2, -0.15) is 0 Å². The Morgan fingerprint density at radius 3 is 2.24 bits per heavy atom. The Labute approximate surface area is 106 Å². The average Bonchev–Trinajstić information content (AvgIpc) is 2.26.